The second kappa shape index (κ2) is 4.95. The Bertz CT molecular complexity index is 559. The van der Waals surface area contributed by atoms with E-state index in [0.29, 0.717) is 24.1 Å². The summed E-state index contributed by atoms with van der Waals surface area (Å²) >= 11 is 0. The molecule has 1 unspecified atom stereocenters. The van der Waals surface area contributed by atoms with Crippen molar-refractivity contribution in [2.24, 2.45) is 0 Å². The fraction of sp³-hybridized carbons (Fsp3) is 0.667. The summed E-state index contributed by atoms with van der Waals surface area (Å²) in [6.45, 7) is 5.14. The van der Waals surface area contributed by atoms with Crippen LogP contribution in [0.1, 0.15) is 32.6 Å². The summed E-state index contributed by atoms with van der Waals surface area (Å²) in [7, 11) is 0. The molecule has 0 radical (unpaired) electrons. The molecule has 0 aliphatic carbocycles. The summed E-state index contributed by atoms with van der Waals surface area (Å²) in [6, 6.07) is 0.114. The van der Waals surface area contributed by atoms with Crippen LogP contribution in [0.2, 0.25) is 0 Å². The summed E-state index contributed by atoms with van der Waals surface area (Å²) in [6.07, 6.45) is 3.44. The molecule has 0 bridgehead atoms. The molecule has 1 aliphatic heterocycles. The van der Waals surface area contributed by atoms with Crippen molar-refractivity contribution in [1.29, 1.82) is 0 Å². The van der Waals surface area contributed by atoms with Crippen LogP contribution in [0.5, 0.6) is 0 Å². The molecule has 1 fully saturated rings. The van der Waals surface area contributed by atoms with Crippen molar-refractivity contribution in [3.8, 4) is 11.6 Å². The van der Waals surface area contributed by atoms with Crippen LogP contribution in [-0.2, 0) is 6.54 Å². The van der Waals surface area contributed by atoms with Gasteiger partial charge in [0.15, 0.2) is 5.82 Å². The summed E-state index contributed by atoms with van der Waals surface area (Å²) < 4.78 is 5.24. The molecule has 8 nitrogen and oxygen atoms in total. The minimum Gasteiger partial charge on any atom is -0.389 e. The smallest absolute Gasteiger partial charge is 0.241 e. The van der Waals surface area contributed by atoms with E-state index in [1.54, 1.807) is 0 Å². The molecular formula is C12H18N6O2. The van der Waals surface area contributed by atoms with Gasteiger partial charge in [0.1, 0.15) is 6.33 Å². The van der Waals surface area contributed by atoms with Crippen molar-refractivity contribution in [3.05, 3.63) is 12.2 Å². The van der Waals surface area contributed by atoms with E-state index < -0.39 is 5.60 Å². The third-order valence-corrected chi connectivity index (χ3v) is 3.61. The Kier molecular flexibility index (Phi) is 3.27. The Morgan fingerprint density at radius 3 is 3.10 bits per heavy atom. The summed E-state index contributed by atoms with van der Waals surface area (Å²) in [5, 5.41) is 20.5. The molecule has 8 heteroatoms. The van der Waals surface area contributed by atoms with Gasteiger partial charge < -0.3 is 9.63 Å². The third-order valence-electron chi connectivity index (χ3n) is 3.61. The molecule has 1 aliphatic rings. The van der Waals surface area contributed by atoms with Crippen LogP contribution in [0.3, 0.4) is 0 Å². The SMILES string of the molecule is CC(C)(O)C1CCCN1Cc1nc(-c2ncn[nH]2)no1. The maximum atomic E-state index is 10.2. The lowest BCUT2D eigenvalue weighted by Crippen LogP contribution is -2.45. The maximum absolute atomic E-state index is 10.2. The van der Waals surface area contributed by atoms with Crippen molar-refractivity contribution >= 4 is 0 Å². The molecule has 1 atom stereocenters. The van der Waals surface area contributed by atoms with E-state index in [0.717, 1.165) is 19.4 Å². The maximum Gasteiger partial charge on any atom is 0.241 e. The predicted octanol–water partition coefficient (Wildman–Crippen LogP) is 0.590. The highest BCUT2D eigenvalue weighted by Gasteiger charge is 2.36. The van der Waals surface area contributed by atoms with Crippen LogP contribution < -0.4 is 0 Å². The molecule has 20 heavy (non-hydrogen) atoms. The van der Waals surface area contributed by atoms with Gasteiger partial charge in [0, 0.05) is 6.04 Å². The molecule has 0 saturated carbocycles. The number of nitrogens with zero attached hydrogens (tertiary/aromatic N) is 5. The summed E-state index contributed by atoms with van der Waals surface area (Å²) in [4.78, 5) is 10.5. The Labute approximate surface area is 116 Å². The van der Waals surface area contributed by atoms with Gasteiger partial charge in [0.05, 0.1) is 12.1 Å². The predicted molar refractivity (Wildman–Crippen MR) is 69.4 cm³/mol. The van der Waals surface area contributed by atoms with E-state index in [4.69, 9.17) is 4.52 Å². The zero-order valence-corrected chi connectivity index (χ0v) is 11.6. The van der Waals surface area contributed by atoms with Gasteiger partial charge in [-0.2, -0.15) is 10.1 Å². The zero-order chi connectivity index (χ0) is 14.2. The Morgan fingerprint density at radius 2 is 2.40 bits per heavy atom. The highest BCUT2D eigenvalue weighted by atomic mass is 16.5. The lowest BCUT2D eigenvalue weighted by Gasteiger charge is -2.32. The first-order chi connectivity index (χ1) is 9.54. The van der Waals surface area contributed by atoms with Gasteiger partial charge in [0.25, 0.3) is 0 Å². The molecule has 0 spiro atoms. The minimum atomic E-state index is -0.732. The third kappa shape index (κ3) is 2.56. The number of aromatic nitrogens is 5. The Morgan fingerprint density at radius 1 is 1.55 bits per heavy atom. The highest BCUT2D eigenvalue weighted by Crippen LogP contribution is 2.28. The standard InChI is InChI=1S/C12H18N6O2/c1-12(2,19)8-4-3-5-18(8)6-9-15-11(17-20-9)10-13-7-14-16-10/h7-8,19H,3-6H2,1-2H3,(H,13,14,16). The lowest BCUT2D eigenvalue weighted by atomic mass is 9.97. The Hall–Kier alpha value is -1.80. The van der Waals surface area contributed by atoms with Crippen molar-refractivity contribution in [3.63, 3.8) is 0 Å². The molecule has 2 aromatic rings. The highest BCUT2D eigenvalue weighted by molar-refractivity contribution is 5.39. The number of H-pyrrole nitrogens is 1. The van der Waals surface area contributed by atoms with Crippen molar-refractivity contribution < 1.29 is 9.63 Å². The molecular weight excluding hydrogens is 260 g/mol. The second-order valence-electron chi connectivity index (χ2n) is 5.63. The normalized spacial score (nSPS) is 20.6. The van der Waals surface area contributed by atoms with E-state index in [1.807, 2.05) is 13.8 Å². The largest absolute Gasteiger partial charge is 0.389 e. The summed E-state index contributed by atoms with van der Waals surface area (Å²) in [5.74, 6) is 1.41. The number of likely N-dealkylation sites (tertiary alicyclic amines) is 1. The molecule has 3 rings (SSSR count). The first-order valence-electron chi connectivity index (χ1n) is 6.69. The van der Waals surface area contributed by atoms with E-state index in [9.17, 15) is 5.11 Å². The van der Waals surface area contributed by atoms with E-state index in [2.05, 4.69) is 30.2 Å². The number of hydrogen-bond donors (Lipinski definition) is 2. The molecule has 0 amide bonds. The van der Waals surface area contributed by atoms with Crippen molar-refractivity contribution in [2.45, 2.75) is 44.9 Å². The lowest BCUT2D eigenvalue weighted by molar-refractivity contribution is -0.00774. The summed E-state index contributed by atoms with van der Waals surface area (Å²) in [5.41, 5.74) is -0.732. The quantitative estimate of drug-likeness (QED) is 0.843. The Balaban J connectivity index is 1.72. The monoisotopic (exact) mass is 278 g/mol. The van der Waals surface area contributed by atoms with Crippen LogP contribution >= 0.6 is 0 Å². The topological polar surface area (TPSA) is 104 Å². The van der Waals surface area contributed by atoms with Gasteiger partial charge in [0.2, 0.25) is 11.7 Å². The number of aliphatic hydroxyl groups is 1. The number of aromatic amines is 1. The molecule has 3 heterocycles. The fourth-order valence-corrected chi connectivity index (χ4v) is 2.72. The van der Waals surface area contributed by atoms with E-state index in [-0.39, 0.29) is 6.04 Å². The molecule has 108 valence electrons. The van der Waals surface area contributed by atoms with Gasteiger partial charge in [-0.1, -0.05) is 5.16 Å². The first-order valence-corrected chi connectivity index (χ1v) is 6.69. The van der Waals surface area contributed by atoms with Crippen LogP contribution in [0.4, 0.5) is 0 Å². The average Bonchev–Trinajstić information content (AvgIpc) is 3.08. The van der Waals surface area contributed by atoms with Crippen molar-refractivity contribution in [2.75, 3.05) is 6.54 Å². The van der Waals surface area contributed by atoms with Gasteiger partial charge in [-0.3, -0.25) is 10.00 Å². The average molecular weight is 278 g/mol. The van der Waals surface area contributed by atoms with Crippen LogP contribution in [0, 0.1) is 0 Å². The van der Waals surface area contributed by atoms with Crippen molar-refractivity contribution in [1.82, 2.24) is 30.2 Å². The zero-order valence-electron chi connectivity index (χ0n) is 11.6. The number of rotatable bonds is 4. The minimum absolute atomic E-state index is 0.114. The van der Waals surface area contributed by atoms with Gasteiger partial charge >= 0.3 is 0 Å². The van der Waals surface area contributed by atoms with Gasteiger partial charge in [-0.25, -0.2) is 4.98 Å². The van der Waals surface area contributed by atoms with E-state index in [1.165, 1.54) is 6.33 Å². The van der Waals surface area contributed by atoms with Crippen LogP contribution in [-0.4, -0.2) is 53.5 Å². The number of hydrogen-bond acceptors (Lipinski definition) is 7. The first kappa shape index (κ1) is 13.2. The van der Waals surface area contributed by atoms with Crippen LogP contribution in [0.15, 0.2) is 10.9 Å². The van der Waals surface area contributed by atoms with E-state index >= 15 is 0 Å². The number of nitrogens with one attached hydrogen (secondary N) is 1. The molecule has 2 N–H and O–H groups in total. The van der Waals surface area contributed by atoms with Crippen LogP contribution in [0.25, 0.3) is 11.6 Å². The van der Waals surface area contributed by atoms with Gasteiger partial charge in [-0.05, 0) is 33.2 Å². The van der Waals surface area contributed by atoms with Gasteiger partial charge in [-0.15, -0.1) is 0 Å². The fourth-order valence-electron chi connectivity index (χ4n) is 2.72. The molecule has 0 aromatic carbocycles. The molecule has 2 aromatic heterocycles. The second-order valence-corrected chi connectivity index (χ2v) is 5.63. The molecule has 1 saturated heterocycles.